The first-order valence-corrected chi connectivity index (χ1v) is 7.21. The van der Waals surface area contributed by atoms with Crippen LogP contribution in [0.5, 0.6) is 0 Å². The number of hydrogen-bond acceptors (Lipinski definition) is 5. The molecule has 1 aliphatic heterocycles. The Labute approximate surface area is 124 Å². The molecule has 0 atom stereocenters. The molecule has 20 heavy (non-hydrogen) atoms. The van der Waals surface area contributed by atoms with Crippen LogP contribution in [0.25, 0.3) is 0 Å². The van der Waals surface area contributed by atoms with Crippen molar-refractivity contribution in [3.8, 4) is 0 Å². The van der Waals surface area contributed by atoms with Gasteiger partial charge in [-0.3, -0.25) is 14.8 Å². The molecule has 5 heteroatoms. The summed E-state index contributed by atoms with van der Waals surface area (Å²) < 4.78 is 11.1. The second-order valence-electron chi connectivity index (χ2n) is 5.32. The van der Waals surface area contributed by atoms with Crippen molar-refractivity contribution in [2.24, 2.45) is 0 Å². The van der Waals surface area contributed by atoms with Gasteiger partial charge in [0.15, 0.2) is 0 Å². The topological polar surface area (TPSA) is 37.8 Å². The van der Waals surface area contributed by atoms with Crippen molar-refractivity contribution in [1.29, 1.82) is 0 Å². The Hall–Kier alpha value is -1.01. The Balaban J connectivity index is 0.00000220. The molecule has 5 nitrogen and oxygen atoms in total. The summed E-state index contributed by atoms with van der Waals surface area (Å²) in [7, 11) is 4.19. The Morgan fingerprint density at radius 3 is 1.90 bits per heavy atom. The van der Waals surface area contributed by atoms with Gasteiger partial charge in [0.1, 0.15) is 0 Å². The molecule has 2 bridgehead atoms. The third-order valence-corrected chi connectivity index (χ3v) is 3.33. The molecule has 0 unspecified atom stereocenters. The first kappa shape index (κ1) is 15.4. The van der Waals surface area contributed by atoms with E-state index in [0.717, 1.165) is 50.8 Å². The summed E-state index contributed by atoms with van der Waals surface area (Å²) in [6.07, 6.45) is 0. The van der Waals surface area contributed by atoms with Crippen molar-refractivity contribution in [1.82, 2.24) is 14.8 Å². The molecule has 1 aromatic rings. The monoisotopic (exact) mass is 281 g/mol. The van der Waals surface area contributed by atoms with Crippen molar-refractivity contribution in [3.63, 3.8) is 0 Å². The maximum Gasteiger partial charge on any atom is 1.00 e. The summed E-state index contributed by atoms with van der Waals surface area (Å²) in [5.74, 6) is 0. The molecule has 0 aromatic carbocycles. The molecular formula is C15H27N3O2+2. The zero-order valence-corrected chi connectivity index (χ0v) is 12.5. The lowest BCUT2D eigenvalue weighted by Gasteiger charge is -2.17. The van der Waals surface area contributed by atoms with E-state index in [1.165, 1.54) is 0 Å². The van der Waals surface area contributed by atoms with E-state index in [9.17, 15) is 0 Å². The van der Waals surface area contributed by atoms with Gasteiger partial charge in [0, 0.05) is 26.2 Å². The highest BCUT2D eigenvalue weighted by atomic mass is 16.5. The van der Waals surface area contributed by atoms with Crippen molar-refractivity contribution < 1.29 is 12.3 Å². The highest BCUT2D eigenvalue weighted by Crippen LogP contribution is 2.05. The van der Waals surface area contributed by atoms with E-state index in [-0.39, 0.29) is 2.85 Å². The Morgan fingerprint density at radius 1 is 0.900 bits per heavy atom. The van der Waals surface area contributed by atoms with Crippen LogP contribution in [-0.4, -0.2) is 68.4 Å². The maximum absolute atomic E-state index is 5.56. The Kier molecular flexibility index (Phi) is 6.39. The molecule has 2 heterocycles. The molecule has 2 rings (SSSR count). The van der Waals surface area contributed by atoms with Crippen LogP contribution in [0.1, 0.15) is 14.2 Å². The third-order valence-electron chi connectivity index (χ3n) is 3.33. The van der Waals surface area contributed by atoms with Crippen molar-refractivity contribution in [3.05, 3.63) is 29.6 Å². The molecule has 0 saturated carbocycles. The summed E-state index contributed by atoms with van der Waals surface area (Å²) >= 11 is 0. The lowest BCUT2D eigenvalue weighted by molar-refractivity contribution is 0.0343. The van der Waals surface area contributed by atoms with Gasteiger partial charge >= 0.3 is 2.85 Å². The number of aromatic nitrogens is 1. The number of rotatable bonds is 0. The quantitative estimate of drug-likeness (QED) is 0.715. The highest BCUT2D eigenvalue weighted by Gasteiger charge is 2.06. The lowest BCUT2D eigenvalue weighted by atomic mass is 10.2. The number of hydrogen-bond donors (Lipinski definition) is 0. The van der Waals surface area contributed by atoms with Crippen LogP contribution in [0.3, 0.4) is 0 Å². The van der Waals surface area contributed by atoms with Gasteiger partial charge in [-0.2, -0.15) is 0 Å². The van der Waals surface area contributed by atoms with Crippen LogP contribution < -0.4 is 0 Å². The predicted molar refractivity (Wildman–Crippen MR) is 80.8 cm³/mol. The van der Waals surface area contributed by atoms with E-state index in [1.807, 2.05) is 0 Å². The van der Waals surface area contributed by atoms with Gasteiger partial charge < -0.3 is 9.47 Å². The normalized spacial score (nSPS) is 21.1. The summed E-state index contributed by atoms with van der Waals surface area (Å²) in [6, 6.07) is 6.26. The smallest absolute Gasteiger partial charge is 0.378 e. The first-order valence-electron chi connectivity index (χ1n) is 7.21. The molecule has 0 radical (unpaired) electrons. The van der Waals surface area contributed by atoms with E-state index < -0.39 is 0 Å². The third kappa shape index (κ3) is 5.54. The molecule has 0 saturated heterocycles. The summed E-state index contributed by atoms with van der Waals surface area (Å²) in [5, 5.41) is 0. The van der Waals surface area contributed by atoms with Crippen molar-refractivity contribution >= 4 is 0 Å². The van der Waals surface area contributed by atoms with Gasteiger partial charge in [0.25, 0.3) is 0 Å². The van der Waals surface area contributed by atoms with Gasteiger partial charge in [-0.1, -0.05) is 6.07 Å². The van der Waals surface area contributed by atoms with Gasteiger partial charge in [0.2, 0.25) is 0 Å². The number of likely N-dealkylation sites (N-methyl/N-ethyl adjacent to an activating group) is 2. The lowest BCUT2D eigenvalue weighted by Crippen LogP contribution is -2.24. The molecule has 0 fully saturated rings. The molecule has 0 N–H and O–H groups in total. The average molecular weight is 281 g/mol. The van der Waals surface area contributed by atoms with Crippen LogP contribution in [0.4, 0.5) is 0 Å². The van der Waals surface area contributed by atoms with Gasteiger partial charge in [0.05, 0.1) is 37.8 Å². The van der Waals surface area contributed by atoms with Crippen LogP contribution >= 0.6 is 0 Å². The predicted octanol–water partition coefficient (Wildman–Crippen LogP) is 1.22. The minimum atomic E-state index is 0. The van der Waals surface area contributed by atoms with E-state index in [4.69, 9.17) is 14.5 Å². The van der Waals surface area contributed by atoms with E-state index >= 15 is 0 Å². The fourth-order valence-electron chi connectivity index (χ4n) is 2.18. The zero-order chi connectivity index (χ0) is 14.2. The van der Waals surface area contributed by atoms with Gasteiger partial charge in [-0.15, -0.1) is 0 Å². The fourth-order valence-corrected chi connectivity index (χ4v) is 2.18. The van der Waals surface area contributed by atoms with Crippen LogP contribution in [0.2, 0.25) is 0 Å². The second-order valence-corrected chi connectivity index (χ2v) is 5.32. The first-order chi connectivity index (χ1) is 9.74. The summed E-state index contributed by atoms with van der Waals surface area (Å²) in [4.78, 5) is 9.18. The van der Waals surface area contributed by atoms with Gasteiger partial charge in [-0.05, 0) is 26.2 Å². The van der Waals surface area contributed by atoms with Crippen molar-refractivity contribution in [2.75, 3.05) is 53.6 Å². The highest BCUT2D eigenvalue weighted by molar-refractivity contribution is 5.11. The van der Waals surface area contributed by atoms with E-state index in [1.54, 1.807) is 0 Å². The van der Waals surface area contributed by atoms with Crippen molar-refractivity contribution in [2.45, 2.75) is 13.1 Å². The molecule has 0 amide bonds. The standard InChI is InChI=1S/C15H25N3O2/c1-17-6-8-19-10-11-20-9-7-18(2)13-15-5-3-4-14(12-17)16-15/h3-5H,6-13H2,1-2H3/p+2. The number of nitrogens with zero attached hydrogens (tertiary/aromatic N) is 3. The second kappa shape index (κ2) is 8.32. The zero-order valence-electron chi connectivity index (χ0n) is 14.5. The number of ether oxygens (including phenoxy) is 2. The fraction of sp³-hybridized carbons (Fsp3) is 0.667. The van der Waals surface area contributed by atoms with Gasteiger partial charge in [-0.25, -0.2) is 0 Å². The van der Waals surface area contributed by atoms with Crippen LogP contribution in [0.15, 0.2) is 18.2 Å². The molecule has 1 aliphatic rings. The van der Waals surface area contributed by atoms with E-state index in [0.29, 0.717) is 13.2 Å². The minimum Gasteiger partial charge on any atom is -0.378 e. The number of pyridine rings is 1. The molecule has 0 spiro atoms. The maximum atomic E-state index is 5.56. The largest absolute Gasteiger partial charge is 1.00 e. The molecule has 1 aromatic heterocycles. The molecular weight excluding hydrogens is 254 g/mol. The Bertz CT molecular complexity index is 377. The SMILES string of the molecule is CN1CCOCCOCCN(C)Cc2cccc(n2)C1.[H+].[H+]. The number of fused-ring (bicyclic) bond motifs is 2. The van der Waals surface area contributed by atoms with Crippen LogP contribution in [0, 0.1) is 0 Å². The molecule has 112 valence electrons. The Morgan fingerprint density at radius 2 is 1.40 bits per heavy atom. The van der Waals surface area contributed by atoms with E-state index in [2.05, 4.69) is 42.1 Å². The van der Waals surface area contributed by atoms with Crippen LogP contribution in [-0.2, 0) is 22.6 Å². The summed E-state index contributed by atoms with van der Waals surface area (Å²) in [5.41, 5.74) is 2.23. The summed E-state index contributed by atoms with van der Waals surface area (Å²) in [6.45, 7) is 6.35. The molecule has 0 aliphatic carbocycles. The average Bonchev–Trinajstić information content (AvgIpc) is 2.41. The minimum absolute atomic E-state index is 0.